The molecule has 2 N–H and O–H groups in total. The van der Waals surface area contributed by atoms with Crippen molar-refractivity contribution in [3.63, 3.8) is 0 Å². The number of rotatable bonds is 4. The Balaban J connectivity index is 1.79. The number of nitrogens with zero attached hydrogens (tertiary/aromatic N) is 2. The largest absolute Gasteiger partial charge is 0.491 e. The van der Waals surface area contributed by atoms with E-state index < -0.39 is 0 Å². The first-order valence-corrected chi connectivity index (χ1v) is 6.22. The van der Waals surface area contributed by atoms with Gasteiger partial charge in [-0.2, -0.15) is 5.10 Å². The molecule has 1 aromatic heterocycles. The van der Waals surface area contributed by atoms with E-state index in [1.54, 1.807) is 6.20 Å². The molecule has 0 saturated heterocycles. The summed E-state index contributed by atoms with van der Waals surface area (Å²) in [5.74, 6) is 0.858. The second-order valence-corrected chi connectivity index (χ2v) is 4.32. The molecular weight excluding hydrogens is 238 g/mol. The van der Waals surface area contributed by atoms with Crippen molar-refractivity contribution in [2.45, 2.75) is 6.54 Å². The summed E-state index contributed by atoms with van der Waals surface area (Å²) in [5.41, 5.74) is 6.73. The maximum atomic E-state index is 5.96. The van der Waals surface area contributed by atoms with E-state index in [9.17, 15) is 0 Å². The van der Waals surface area contributed by atoms with Gasteiger partial charge in [0.1, 0.15) is 12.4 Å². The molecule has 3 aromatic rings. The number of hydrogen-bond donors (Lipinski definition) is 1. The first kappa shape index (κ1) is 11.6. The van der Waals surface area contributed by atoms with Crippen LogP contribution < -0.4 is 10.5 Å². The second kappa shape index (κ2) is 5.02. The molecule has 0 atom stereocenters. The van der Waals surface area contributed by atoms with E-state index in [4.69, 9.17) is 10.5 Å². The van der Waals surface area contributed by atoms with E-state index >= 15 is 0 Å². The quantitative estimate of drug-likeness (QED) is 0.727. The number of fused-ring (bicyclic) bond motifs is 1. The molecule has 3 rings (SSSR count). The van der Waals surface area contributed by atoms with Gasteiger partial charge >= 0.3 is 0 Å². The van der Waals surface area contributed by atoms with Crippen LogP contribution in [0.15, 0.2) is 54.9 Å². The Morgan fingerprint density at radius 2 is 1.89 bits per heavy atom. The molecule has 4 heteroatoms. The number of anilines is 1. The first-order valence-electron chi connectivity index (χ1n) is 6.22. The van der Waals surface area contributed by atoms with Gasteiger partial charge in [0.15, 0.2) is 0 Å². The molecule has 0 aliphatic carbocycles. The van der Waals surface area contributed by atoms with Crippen molar-refractivity contribution in [2.75, 3.05) is 12.3 Å². The van der Waals surface area contributed by atoms with Crippen LogP contribution >= 0.6 is 0 Å². The summed E-state index contributed by atoms with van der Waals surface area (Å²) in [4.78, 5) is 0. The van der Waals surface area contributed by atoms with Crippen molar-refractivity contribution in [3.8, 4) is 5.75 Å². The fourth-order valence-corrected chi connectivity index (χ4v) is 2.11. The SMILES string of the molecule is Nc1cccc2c(OCCn3cccn3)cccc12. The van der Waals surface area contributed by atoms with Crippen LogP contribution in [0.1, 0.15) is 0 Å². The number of ether oxygens (including phenoxy) is 1. The zero-order chi connectivity index (χ0) is 13.1. The standard InChI is InChI=1S/C15H15N3O/c16-14-6-1-5-13-12(14)4-2-7-15(13)19-11-10-18-9-3-8-17-18/h1-9H,10-11,16H2. The van der Waals surface area contributed by atoms with Gasteiger partial charge < -0.3 is 10.5 Å². The number of hydrogen-bond acceptors (Lipinski definition) is 3. The molecule has 0 amide bonds. The van der Waals surface area contributed by atoms with Crippen LogP contribution in [0.25, 0.3) is 10.8 Å². The Kier molecular flexibility index (Phi) is 3.06. The highest BCUT2D eigenvalue weighted by Gasteiger charge is 2.03. The van der Waals surface area contributed by atoms with Gasteiger partial charge in [-0.05, 0) is 18.2 Å². The molecule has 0 bridgehead atoms. The van der Waals surface area contributed by atoms with Crippen molar-refractivity contribution in [3.05, 3.63) is 54.9 Å². The molecule has 4 nitrogen and oxygen atoms in total. The number of benzene rings is 2. The Bertz CT molecular complexity index is 677. The Morgan fingerprint density at radius 1 is 1.05 bits per heavy atom. The van der Waals surface area contributed by atoms with Gasteiger partial charge in [0.2, 0.25) is 0 Å². The summed E-state index contributed by atoms with van der Waals surface area (Å²) in [6.45, 7) is 1.31. The molecule has 96 valence electrons. The molecule has 0 aliphatic heterocycles. The summed E-state index contributed by atoms with van der Waals surface area (Å²) in [5, 5.41) is 6.21. The Morgan fingerprint density at radius 3 is 2.74 bits per heavy atom. The van der Waals surface area contributed by atoms with E-state index in [0.717, 1.165) is 28.8 Å². The molecule has 0 spiro atoms. The minimum atomic E-state index is 0.579. The predicted molar refractivity (Wildman–Crippen MR) is 76.1 cm³/mol. The second-order valence-electron chi connectivity index (χ2n) is 4.32. The van der Waals surface area contributed by atoms with Gasteiger partial charge in [-0.3, -0.25) is 4.68 Å². The molecule has 0 saturated carbocycles. The normalized spacial score (nSPS) is 10.7. The van der Waals surface area contributed by atoms with Crippen LogP contribution in [0.3, 0.4) is 0 Å². The van der Waals surface area contributed by atoms with Crippen LogP contribution in [0.4, 0.5) is 5.69 Å². The lowest BCUT2D eigenvalue weighted by atomic mass is 10.1. The topological polar surface area (TPSA) is 53.1 Å². The molecule has 0 fully saturated rings. The van der Waals surface area contributed by atoms with Crippen molar-refractivity contribution in [1.82, 2.24) is 9.78 Å². The molecule has 19 heavy (non-hydrogen) atoms. The van der Waals surface area contributed by atoms with Gasteiger partial charge in [0, 0.05) is 28.9 Å². The zero-order valence-electron chi connectivity index (χ0n) is 10.5. The smallest absolute Gasteiger partial charge is 0.127 e. The Labute approximate surface area is 111 Å². The lowest BCUT2D eigenvalue weighted by molar-refractivity contribution is 0.294. The summed E-state index contributed by atoms with van der Waals surface area (Å²) >= 11 is 0. The zero-order valence-corrected chi connectivity index (χ0v) is 10.5. The lowest BCUT2D eigenvalue weighted by Crippen LogP contribution is -2.08. The van der Waals surface area contributed by atoms with Crippen LogP contribution in [-0.4, -0.2) is 16.4 Å². The van der Waals surface area contributed by atoms with Crippen molar-refractivity contribution < 1.29 is 4.74 Å². The fraction of sp³-hybridized carbons (Fsp3) is 0.133. The summed E-state index contributed by atoms with van der Waals surface area (Å²) in [6.07, 6.45) is 3.68. The summed E-state index contributed by atoms with van der Waals surface area (Å²) in [6, 6.07) is 13.7. The average molecular weight is 253 g/mol. The first-order chi connectivity index (χ1) is 9.34. The van der Waals surface area contributed by atoms with Gasteiger partial charge in [0.05, 0.1) is 6.54 Å². The van der Waals surface area contributed by atoms with Gasteiger partial charge in [-0.25, -0.2) is 0 Å². The van der Waals surface area contributed by atoms with E-state index in [0.29, 0.717) is 6.61 Å². The van der Waals surface area contributed by atoms with Gasteiger partial charge in [-0.15, -0.1) is 0 Å². The maximum absolute atomic E-state index is 5.96. The highest BCUT2D eigenvalue weighted by molar-refractivity contribution is 5.96. The average Bonchev–Trinajstić information content (AvgIpc) is 2.93. The summed E-state index contributed by atoms with van der Waals surface area (Å²) < 4.78 is 7.68. The third kappa shape index (κ3) is 2.38. The predicted octanol–water partition coefficient (Wildman–Crippen LogP) is 2.70. The Hall–Kier alpha value is -2.49. The highest BCUT2D eigenvalue weighted by Crippen LogP contribution is 2.29. The minimum Gasteiger partial charge on any atom is -0.491 e. The van der Waals surface area contributed by atoms with E-state index in [-0.39, 0.29) is 0 Å². The van der Waals surface area contributed by atoms with E-state index in [2.05, 4.69) is 5.10 Å². The van der Waals surface area contributed by atoms with Gasteiger partial charge in [-0.1, -0.05) is 24.3 Å². The van der Waals surface area contributed by atoms with Crippen molar-refractivity contribution >= 4 is 16.5 Å². The van der Waals surface area contributed by atoms with Crippen LogP contribution in [0, 0.1) is 0 Å². The maximum Gasteiger partial charge on any atom is 0.127 e. The lowest BCUT2D eigenvalue weighted by Gasteiger charge is -2.10. The van der Waals surface area contributed by atoms with Crippen LogP contribution in [0.5, 0.6) is 5.75 Å². The number of nitrogens with two attached hydrogens (primary N) is 1. The van der Waals surface area contributed by atoms with Crippen LogP contribution in [0.2, 0.25) is 0 Å². The summed E-state index contributed by atoms with van der Waals surface area (Å²) in [7, 11) is 0. The molecule has 0 radical (unpaired) electrons. The van der Waals surface area contributed by atoms with E-state index in [1.807, 2.05) is 53.3 Å². The molecule has 0 unspecified atom stereocenters. The minimum absolute atomic E-state index is 0.579. The van der Waals surface area contributed by atoms with Crippen molar-refractivity contribution in [2.24, 2.45) is 0 Å². The third-order valence-corrected chi connectivity index (χ3v) is 3.05. The molecular formula is C15H15N3O. The van der Waals surface area contributed by atoms with Crippen molar-refractivity contribution in [1.29, 1.82) is 0 Å². The van der Waals surface area contributed by atoms with E-state index in [1.165, 1.54) is 0 Å². The molecule has 1 heterocycles. The third-order valence-electron chi connectivity index (χ3n) is 3.05. The molecule has 2 aromatic carbocycles. The van der Waals surface area contributed by atoms with Crippen LogP contribution in [-0.2, 0) is 6.54 Å². The fourth-order valence-electron chi connectivity index (χ4n) is 2.11. The number of nitrogen functional groups attached to an aromatic ring is 1. The highest BCUT2D eigenvalue weighted by atomic mass is 16.5. The van der Waals surface area contributed by atoms with Gasteiger partial charge in [0.25, 0.3) is 0 Å². The monoisotopic (exact) mass is 253 g/mol. The molecule has 0 aliphatic rings. The number of aromatic nitrogens is 2.